The van der Waals surface area contributed by atoms with Crippen LogP contribution in [0.3, 0.4) is 0 Å². The van der Waals surface area contributed by atoms with Crippen molar-refractivity contribution in [2.24, 2.45) is 0 Å². The van der Waals surface area contributed by atoms with Gasteiger partial charge in [0.05, 0.1) is 5.69 Å². The molecule has 1 unspecified atom stereocenters. The van der Waals surface area contributed by atoms with Gasteiger partial charge >= 0.3 is 0 Å². The summed E-state index contributed by atoms with van der Waals surface area (Å²) < 4.78 is 18.6. The molecular weight excluding hydrogens is 415 g/mol. The van der Waals surface area contributed by atoms with Gasteiger partial charge in [0.25, 0.3) is 5.91 Å². The highest BCUT2D eigenvalue weighted by molar-refractivity contribution is 7.03. The van der Waals surface area contributed by atoms with E-state index < -0.39 is 29.2 Å². The van der Waals surface area contributed by atoms with Crippen molar-refractivity contribution in [3.8, 4) is 0 Å². The lowest BCUT2D eigenvalue weighted by Crippen LogP contribution is -2.50. The maximum absolute atomic E-state index is 14.9. The summed E-state index contributed by atoms with van der Waals surface area (Å²) in [4.78, 5) is 28.2. The normalized spacial score (nSPS) is 12.3. The first-order valence-electron chi connectivity index (χ1n) is 9.97. The van der Waals surface area contributed by atoms with Gasteiger partial charge in [0.1, 0.15) is 11.9 Å². The number of amides is 2. The SMILES string of the molecule is CCC(C)(C)NC(=O)C(c1ccc(C)cc1)N(C(=O)c1csnn1)c1ccccc1F. The molecule has 0 fully saturated rings. The second-order valence-electron chi connectivity index (χ2n) is 7.96. The maximum atomic E-state index is 14.9. The third kappa shape index (κ3) is 5.14. The average molecular weight is 441 g/mol. The van der Waals surface area contributed by atoms with Crippen molar-refractivity contribution in [3.05, 3.63) is 76.5 Å². The third-order valence-corrected chi connectivity index (χ3v) is 5.66. The number of hydrogen-bond acceptors (Lipinski definition) is 5. The summed E-state index contributed by atoms with van der Waals surface area (Å²) in [6.45, 7) is 7.69. The summed E-state index contributed by atoms with van der Waals surface area (Å²) in [5.41, 5.74) is 1.11. The van der Waals surface area contributed by atoms with Gasteiger partial charge < -0.3 is 5.32 Å². The molecular formula is C23H25FN4O2S. The molecule has 0 aliphatic carbocycles. The molecule has 0 bridgehead atoms. The minimum atomic E-state index is -1.10. The average Bonchev–Trinajstić information content (AvgIpc) is 3.28. The van der Waals surface area contributed by atoms with Crippen molar-refractivity contribution in [1.82, 2.24) is 14.9 Å². The molecule has 0 spiro atoms. The van der Waals surface area contributed by atoms with E-state index in [-0.39, 0.29) is 11.4 Å². The molecule has 0 radical (unpaired) electrons. The summed E-state index contributed by atoms with van der Waals surface area (Å²) in [7, 11) is 0. The Bertz CT molecular complexity index is 1050. The number of hydrogen-bond donors (Lipinski definition) is 1. The fourth-order valence-corrected chi connectivity index (χ4v) is 3.48. The molecule has 0 saturated carbocycles. The molecule has 2 amide bonds. The van der Waals surface area contributed by atoms with Crippen LogP contribution < -0.4 is 10.2 Å². The van der Waals surface area contributed by atoms with E-state index in [1.165, 1.54) is 23.6 Å². The molecule has 2 aromatic carbocycles. The molecule has 1 N–H and O–H groups in total. The number of carbonyl (C=O) groups is 2. The highest BCUT2D eigenvalue weighted by Gasteiger charge is 2.37. The van der Waals surface area contributed by atoms with Gasteiger partial charge in [-0.1, -0.05) is 53.4 Å². The van der Waals surface area contributed by atoms with E-state index in [4.69, 9.17) is 0 Å². The van der Waals surface area contributed by atoms with Gasteiger partial charge in [0.15, 0.2) is 5.69 Å². The van der Waals surface area contributed by atoms with Crippen LogP contribution in [0.4, 0.5) is 10.1 Å². The lowest BCUT2D eigenvalue weighted by atomic mass is 9.97. The van der Waals surface area contributed by atoms with Gasteiger partial charge in [-0.15, -0.1) is 5.10 Å². The Morgan fingerprint density at radius 3 is 2.42 bits per heavy atom. The zero-order valence-corrected chi connectivity index (χ0v) is 18.7. The minimum Gasteiger partial charge on any atom is -0.349 e. The van der Waals surface area contributed by atoms with Crippen molar-refractivity contribution in [1.29, 1.82) is 0 Å². The molecule has 1 heterocycles. The van der Waals surface area contributed by atoms with Crippen molar-refractivity contribution in [2.45, 2.75) is 45.7 Å². The van der Waals surface area contributed by atoms with Crippen molar-refractivity contribution >= 4 is 29.0 Å². The van der Waals surface area contributed by atoms with Crippen LogP contribution in [0, 0.1) is 12.7 Å². The fraction of sp³-hybridized carbons (Fsp3) is 0.304. The van der Waals surface area contributed by atoms with Crippen LogP contribution in [0.2, 0.25) is 0 Å². The largest absolute Gasteiger partial charge is 0.349 e. The van der Waals surface area contributed by atoms with Gasteiger partial charge in [-0.25, -0.2) is 4.39 Å². The summed E-state index contributed by atoms with van der Waals surface area (Å²) in [5.74, 6) is -1.62. The first-order chi connectivity index (χ1) is 14.7. The number of halogens is 1. The first-order valence-corrected chi connectivity index (χ1v) is 10.8. The Morgan fingerprint density at radius 2 is 1.84 bits per heavy atom. The summed E-state index contributed by atoms with van der Waals surface area (Å²) in [6, 6.07) is 12.1. The van der Waals surface area contributed by atoms with Crippen LogP contribution >= 0.6 is 11.5 Å². The molecule has 162 valence electrons. The lowest BCUT2D eigenvalue weighted by Gasteiger charge is -2.34. The molecule has 8 heteroatoms. The van der Waals surface area contributed by atoms with Crippen LogP contribution in [0.15, 0.2) is 53.9 Å². The Kier molecular flexibility index (Phi) is 6.80. The molecule has 6 nitrogen and oxygen atoms in total. The Hall–Kier alpha value is -3.13. The quantitative estimate of drug-likeness (QED) is 0.579. The lowest BCUT2D eigenvalue weighted by molar-refractivity contribution is -0.124. The van der Waals surface area contributed by atoms with E-state index in [0.29, 0.717) is 12.0 Å². The smallest absolute Gasteiger partial charge is 0.280 e. The van der Waals surface area contributed by atoms with Crippen LogP contribution in [-0.2, 0) is 4.79 Å². The van der Waals surface area contributed by atoms with E-state index in [1.807, 2.05) is 39.8 Å². The zero-order valence-electron chi connectivity index (χ0n) is 17.9. The van der Waals surface area contributed by atoms with Gasteiger partial charge in [-0.2, -0.15) is 0 Å². The number of aromatic nitrogens is 2. The van der Waals surface area contributed by atoms with E-state index in [2.05, 4.69) is 14.9 Å². The number of anilines is 1. The Morgan fingerprint density at radius 1 is 1.16 bits per heavy atom. The van der Waals surface area contributed by atoms with Gasteiger partial charge in [-0.05, 0) is 56.4 Å². The van der Waals surface area contributed by atoms with E-state index in [0.717, 1.165) is 22.0 Å². The minimum absolute atomic E-state index is 0.00414. The fourth-order valence-electron chi connectivity index (χ4n) is 3.05. The molecule has 1 aromatic heterocycles. The predicted octanol–water partition coefficient (Wildman–Crippen LogP) is 4.68. The monoisotopic (exact) mass is 440 g/mol. The molecule has 0 saturated heterocycles. The molecule has 31 heavy (non-hydrogen) atoms. The molecule has 0 aliphatic heterocycles. The second kappa shape index (κ2) is 9.34. The van der Waals surface area contributed by atoms with Gasteiger partial charge in [0.2, 0.25) is 5.91 Å². The van der Waals surface area contributed by atoms with E-state index in [9.17, 15) is 14.0 Å². The summed E-state index contributed by atoms with van der Waals surface area (Å²) >= 11 is 1.01. The van der Waals surface area contributed by atoms with Crippen LogP contribution in [0.1, 0.15) is 54.8 Å². The number of para-hydroxylation sites is 1. The van der Waals surface area contributed by atoms with Crippen molar-refractivity contribution in [2.75, 3.05) is 4.90 Å². The molecule has 3 aromatic rings. The number of nitrogens with one attached hydrogen (secondary N) is 1. The zero-order chi connectivity index (χ0) is 22.6. The Labute approximate surface area is 185 Å². The van der Waals surface area contributed by atoms with E-state index >= 15 is 0 Å². The standard InChI is InChI=1S/C23H25FN4O2S/c1-5-23(3,4)25-21(29)20(16-12-10-15(2)11-13-16)28(19-9-7-6-8-17(19)24)22(30)18-14-31-27-26-18/h6-14,20H,5H2,1-4H3,(H,25,29). The predicted molar refractivity (Wildman–Crippen MR) is 120 cm³/mol. The van der Waals surface area contributed by atoms with Crippen LogP contribution in [0.25, 0.3) is 0 Å². The Balaban J connectivity index is 2.19. The van der Waals surface area contributed by atoms with Gasteiger partial charge in [0, 0.05) is 10.9 Å². The van der Waals surface area contributed by atoms with Crippen LogP contribution in [-0.4, -0.2) is 26.9 Å². The molecule has 0 aliphatic rings. The van der Waals surface area contributed by atoms with E-state index in [1.54, 1.807) is 18.2 Å². The van der Waals surface area contributed by atoms with Gasteiger partial charge in [-0.3, -0.25) is 14.5 Å². The van der Waals surface area contributed by atoms with Crippen molar-refractivity contribution in [3.63, 3.8) is 0 Å². The maximum Gasteiger partial charge on any atom is 0.280 e. The van der Waals surface area contributed by atoms with Crippen LogP contribution in [0.5, 0.6) is 0 Å². The highest BCUT2D eigenvalue weighted by atomic mass is 32.1. The topological polar surface area (TPSA) is 75.2 Å². The third-order valence-electron chi connectivity index (χ3n) is 5.16. The summed E-state index contributed by atoms with van der Waals surface area (Å²) in [5, 5.41) is 8.34. The number of rotatable bonds is 7. The first kappa shape index (κ1) is 22.6. The number of aryl methyl sites for hydroxylation is 1. The molecule has 3 rings (SSSR count). The highest BCUT2D eigenvalue weighted by Crippen LogP contribution is 2.32. The number of nitrogens with zero attached hydrogens (tertiary/aromatic N) is 3. The number of carbonyl (C=O) groups excluding carboxylic acids is 2. The second-order valence-corrected chi connectivity index (χ2v) is 8.57. The number of benzene rings is 2. The summed E-state index contributed by atoms with van der Waals surface area (Å²) in [6.07, 6.45) is 0.684. The van der Waals surface area contributed by atoms with Crippen molar-refractivity contribution < 1.29 is 14.0 Å². The molecule has 1 atom stereocenters.